The van der Waals surface area contributed by atoms with Crippen LogP contribution in [0.1, 0.15) is 39.4 Å². The van der Waals surface area contributed by atoms with Gasteiger partial charge in [0.2, 0.25) is 0 Å². The Morgan fingerprint density at radius 2 is 1.62 bits per heavy atom. The van der Waals surface area contributed by atoms with Crippen LogP contribution in [0.15, 0.2) is 60.7 Å². The highest BCUT2D eigenvalue weighted by molar-refractivity contribution is 5.81. The summed E-state index contributed by atoms with van der Waals surface area (Å²) < 4.78 is 16.1. The number of benzene rings is 3. The molecule has 0 heterocycles. The summed E-state index contributed by atoms with van der Waals surface area (Å²) in [5.74, 6) is 6.94. The molecule has 6 nitrogen and oxygen atoms in total. The van der Waals surface area contributed by atoms with Gasteiger partial charge in [-0.05, 0) is 28.3 Å². The molecule has 0 unspecified atom stereocenters. The van der Waals surface area contributed by atoms with Gasteiger partial charge < -0.3 is 19.5 Å². The van der Waals surface area contributed by atoms with E-state index in [0.717, 1.165) is 0 Å². The van der Waals surface area contributed by atoms with E-state index in [4.69, 9.17) is 14.2 Å². The maximum absolute atomic E-state index is 12.3. The molecule has 3 aromatic carbocycles. The molecule has 0 bridgehead atoms. The van der Waals surface area contributed by atoms with Gasteiger partial charge in [-0.3, -0.25) is 4.79 Å². The summed E-state index contributed by atoms with van der Waals surface area (Å²) in [5.41, 5.74) is 5.72. The van der Waals surface area contributed by atoms with Crippen LogP contribution in [-0.2, 0) is 4.74 Å². The van der Waals surface area contributed by atoms with Gasteiger partial charge in [-0.1, -0.05) is 60.4 Å². The summed E-state index contributed by atoms with van der Waals surface area (Å²) in [6.45, 7) is 0.612. The number of carbonyl (C=O) groups is 2. The Morgan fingerprint density at radius 3 is 2.24 bits per heavy atom. The highest BCUT2D eigenvalue weighted by Crippen LogP contribution is 2.44. The van der Waals surface area contributed by atoms with Crippen molar-refractivity contribution < 1.29 is 23.8 Å². The quantitative estimate of drug-likeness (QED) is 0.315. The first-order valence-electron chi connectivity index (χ1n) is 10.9. The number of carbonyl (C=O) groups excluding carboxylic acids is 2. The lowest BCUT2D eigenvalue weighted by molar-refractivity contribution is 0.112. The molecule has 6 heteroatoms. The van der Waals surface area contributed by atoms with Gasteiger partial charge in [-0.2, -0.15) is 0 Å². The molecule has 0 aliphatic heterocycles. The number of hydrogen-bond acceptors (Lipinski definition) is 5. The van der Waals surface area contributed by atoms with Crippen LogP contribution in [0, 0.1) is 11.8 Å². The molecule has 3 aromatic rings. The number of aldehydes is 1. The number of hydrogen-bond donors (Lipinski definition) is 1. The molecule has 4 rings (SSSR count). The van der Waals surface area contributed by atoms with Crippen molar-refractivity contribution in [3.8, 4) is 34.5 Å². The zero-order chi connectivity index (χ0) is 23.9. The average molecular weight is 456 g/mol. The molecule has 1 amide bonds. The second-order valence-corrected chi connectivity index (χ2v) is 7.72. The fraction of sp³-hybridized carbons (Fsp3) is 0.214. The lowest BCUT2D eigenvalue weighted by Crippen LogP contribution is -2.26. The average Bonchev–Trinajstić information content (AvgIpc) is 3.20. The van der Waals surface area contributed by atoms with Gasteiger partial charge in [0.1, 0.15) is 18.1 Å². The van der Waals surface area contributed by atoms with E-state index < -0.39 is 6.09 Å². The van der Waals surface area contributed by atoms with Gasteiger partial charge >= 0.3 is 6.09 Å². The van der Waals surface area contributed by atoms with E-state index in [0.29, 0.717) is 41.9 Å². The molecule has 0 aromatic heterocycles. The van der Waals surface area contributed by atoms with Crippen molar-refractivity contribution >= 4 is 12.4 Å². The molecule has 0 saturated carbocycles. The Labute approximate surface area is 198 Å². The maximum atomic E-state index is 12.3. The number of fused-ring (bicyclic) bond motifs is 3. The molecule has 0 spiro atoms. The van der Waals surface area contributed by atoms with Crippen molar-refractivity contribution in [1.82, 2.24) is 5.32 Å². The third-order valence-electron chi connectivity index (χ3n) is 5.76. The predicted octanol–water partition coefficient (Wildman–Crippen LogP) is 4.80. The normalized spacial score (nSPS) is 11.5. The van der Waals surface area contributed by atoms with E-state index in [1.165, 1.54) is 36.5 Å². The van der Waals surface area contributed by atoms with Crippen molar-refractivity contribution in [3.05, 3.63) is 82.9 Å². The molecule has 0 saturated heterocycles. The number of ether oxygens (including phenoxy) is 3. The molecule has 0 fully saturated rings. The summed E-state index contributed by atoms with van der Waals surface area (Å²) in [6, 6.07) is 19.7. The van der Waals surface area contributed by atoms with Crippen molar-refractivity contribution in [2.24, 2.45) is 0 Å². The number of nitrogens with one attached hydrogen (secondary N) is 1. The fourth-order valence-electron chi connectivity index (χ4n) is 4.15. The Bertz CT molecular complexity index is 1230. The van der Waals surface area contributed by atoms with Crippen LogP contribution in [-0.4, -0.2) is 39.8 Å². The summed E-state index contributed by atoms with van der Waals surface area (Å²) >= 11 is 0. The molecule has 0 atom stereocenters. The molecular weight excluding hydrogens is 430 g/mol. The van der Waals surface area contributed by atoms with Gasteiger partial charge in [0.25, 0.3) is 0 Å². The van der Waals surface area contributed by atoms with E-state index in [1.807, 2.05) is 24.3 Å². The van der Waals surface area contributed by atoms with E-state index in [9.17, 15) is 9.59 Å². The van der Waals surface area contributed by atoms with Crippen LogP contribution < -0.4 is 14.8 Å². The number of methoxy groups -OCH3 is 2. The lowest BCUT2D eigenvalue weighted by Gasteiger charge is -2.14. The SMILES string of the molecule is COc1cc(C=O)c(OC)cc1C#CCCNC(=O)OCC1c2ccccc2-c2ccccc21. The van der Waals surface area contributed by atoms with Gasteiger partial charge in [0, 0.05) is 24.9 Å². The third-order valence-corrected chi connectivity index (χ3v) is 5.76. The van der Waals surface area contributed by atoms with Gasteiger partial charge in [0.05, 0.1) is 25.3 Å². The lowest BCUT2D eigenvalue weighted by atomic mass is 9.98. The largest absolute Gasteiger partial charge is 0.496 e. The molecule has 0 radical (unpaired) electrons. The topological polar surface area (TPSA) is 73.9 Å². The summed E-state index contributed by atoms with van der Waals surface area (Å²) in [4.78, 5) is 23.4. The van der Waals surface area contributed by atoms with Gasteiger partial charge in [-0.25, -0.2) is 4.79 Å². The Morgan fingerprint density at radius 1 is 0.971 bits per heavy atom. The van der Waals surface area contributed by atoms with Crippen molar-refractivity contribution in [3.63, 3.8) is 0 Å². The van der Waals surface area contributed by atoms with E-state index in [1.54, 1.807) is 12.1 Å². The van der Waals surface area contributed by atoms with Crippen LogP contribution in [0.4, 0.5) is 4.79 Å². The monoisotopic (exact) mass is 455 g/mol. The van der Waals surface area contributed by atoms with Crippen molar-refractivity contribution in [2.75, 3.05) is 27.4 Å². The predicted molar refractivity (Wildman–Crippen MR) is 130 cm³/mol. The summed E-state index contributed by atoms with van der Waals surface area (Å²) in [7, 11) is 3.00. The standard InChI is InChI=1S/C28H25NO5/c1-32-26-16-20(17-30)27(33-2)15-19(26)9-7-8-14-29-28(31)34-18-25-23-12-5-3-10-21(23)22-11-4-6-13-24(22)25/h3-6,10-13,15-17,25H,8,14,18H2,1-2H3,(H,29,31). The van der Waals surface area contributed by atoms with Crippen LogP contribution in [0.3, 0.4) is 0 Å². The van der Waals surface area contributed by atoms with Crippen LogP contribution in [0.25, 0.3) is 11.1 Å². The van der Waals surface area contributed by atoms with Crippen molar-refractivity contribution in [2.45, 2.75) is 12.3 Å². The molecule has 1 aliphatic rings. The fourth-order valence-corrected chi connectivity index (χ4v) is 4.15. The first-order chi connectivity index (χ1) is 16.7. The highest BCUT2D eigenvalue weighted by atomic mass is 16.5. The first-order valence-corrected chi connectivity index (χ1v) is 10.9. The molecule has 172 valence electrons. The Kier molecular flexibility index (Phi) is 7.14. The maximum Gasteiger partial charge on any atom is 0.407 e. The second kappa shape index (κ2) is 10.6. The molecular formula is C28H25NO5. The molecule has 34 heavy (non-hydrogen) atoms. The minimum atomic E-state index is -0.474. The van der Waals surface area contributed by atoms with Crippen molar-refractivity contribution in [1.29, 1.82) is 0 Å². The van der Waals surface area contributed by atoms with E-state index >= 15 is 0 Å². The summed E-state index contributed by atoms with van der Waals surface area (Å²) in [5, 5.41) is 2.74. The molecule has 1 aliphatic carbocycles. The number of alkyl carbamates (subject to hydrolysis) is 1. The minimum Gasteiger partial charge on any atom is -0.496 e. The van der Waals surface area contributed by atoms with Crippen LogP contribution in [0.2, 0.25) is 0 Å². The van der Waals surface area contributed by atoms with Gasteiger partial charge in [-0.15, -0.1) is 0 Å². The zero-order valence-electron chi connectivity index (χ0n) is 19.1. The highest BCUT2D eigenvalue weighted by Gasteiger charge is 2.28. The third kappa shape index (κ3) is 4.74. The minimum absolute atomic E-state index is 0.0229. The van der Waals surface area contributed by atoms with E-state index in [2.05, 4.69) is 41.4 Å². The van der Waals surface area contributed by atoms with Gasteiger partial charge in [0.15, 0.2) is 6.29 Å². The number of amides is 1. The number of rotatable bonds is 7. The zero-order valence-corrected chi connectivity index (χ0v) is 19.1. The first kappa shape index (κ1) is 22.9. The molecule has 1 N–H and O–H groups in total. The van der Waals surface area contributed by atoms with Crippen LogP contribution in [0.5, 0.6) is 11.5 Å². The summed E-state index contributed by atoms with van der Waals surface area (Å²) in [6.07, 6.45) is 0.653. The second-order valence-electron chi connectivity index (χ2n) is 7.72. The Hall–Kier alpha value is -4.24. The Balaban J connectivity index is 1.31. The van der Waals surface area contributed by atoms with Crippen LogP contribution >= 0.6 is 0 Å². The smallest absolute Gasteiger partial charge is 0.407 e. The van der Waals surface area contributed by atoms with E-state index in [-0.39, 0.29) is 12.5 Å².